The topological polar surface area (TPSA) is 82.3 Å². The van der Waals surface area contributed by atoms with E-state index in [1.807, 2.05) is 6.92 Å². The van der Waals surface area contributed by atoms with Crippen LogP contribution in [0.4, 0.5) is 0 Å². The molecular weight excluding hydrogens is 120 g/mol. The molecule has 1 saturated heterocycles. The molecule has 1 aliphatic rings. The first-order valence-electron chi connectivity index (χ1n) is 2.90. The van der Waals surface area contributed by atoms with Gasteiger partial charge in [0.15, 0.2) is 6.35 Å². The van der Waals surface area contributed by atoms with Gasteiger partial charge in [-0.1, -0.05) is 0 Å². The Morgan fingerprint density at radius 2 is 2.00 bits per heavy atom. The van der Waals surface area contributed by atoms with Crippen molar-refractivity contribution in [3.05, 3.63) is 0 Å². The number of aliphatic hydroxyl groups excluding tert-OH is 1. The predicted molar refractivity (Wildman–Crippen MR) is 32.9 cm³/mol. The minimum absolute atomic E-state index is 0.0521. The van der Waals surface area contributed by atoms with Gasteiger partial charge in [-0.15, -0.1) is 0 Å². The maximum atomic E-state index is 8.91. The lowest BCUT2D eigenvalue weighted by molar-refractivity contribution is 0.0336. The Kier molecular flexibility index (Phi) is 1.99. The van der Waals surface area contributed by atoms with Gasteiger partial charge in [-0.3, -0.25) is 16.0 Å². The molecule has 5 nitrogen and oxygen atoms in total. The number of aliphatic hydroxyl groups is 1. The van der Waals surface area contributed by atoms with E-state index < -0.39 is 6.35 Å². The first kappa shape index (κ1) is 6.91. The third-order valence-corrected chi connectivity index (χ3v) is 1.17. The number of rotatable bonds is 0. The molecule has 1 fully saturated rings. The number of hydrogen-bond acceptors (Lipinski definition) is 5. The molecule has 0 radical (unpaired) electrons. The summed E-state index contributed by atoms with van der Waals surface area (Å²) >= 11 is 0. The van der Waals surface area contributed by atoms with E-state index in [0.717, 1.165) is 0 Å². The van der Waals surface area contributed by atoms with Crippen molar-refractivity contribution in [1.29, 1.82) is 0 Å². The summed E-state index contributed by atoms with van der Waals surface area (Å²) < 4.78 is 0. The molecule has 5 heteroatoms. The summed E-state index contributed by atoms with van der Waals surface area (Å²) in [6.45, 7) is 1.88. The zero-order valence-electron chi connectivity index (χ0n) is 5.26. The molecule has 54 valence electrons. The fourth-order valence-electron chi connectivity index (χ4n) is 0.821. The third-order valence-electron chi connectivity index (χ3n) is 1.17. The Hall–Kier alpha value is -0.200. The van der Waals surface area contributed by atoms with E-state index in [-0.39, 0.29) is 12.5 Å². The summed E-state index contributed by atoms with van der Waals surface area (Å²) in [5, 5.41) is 17.2. The van der Waals surface area contributed by atoms with Crippen LogP contribution in [0.15, 0.2) is 0 Å². The van der Waals surface area contributed by atoms with Gasteiger partial charge in [-0.2, -0.15) is 0 Å². The summed E-state index contributed by atoms with van der Waals surface area (Å²) in [5.74, 6) is 0. The van der Waals surface area contributed by atoms with E-state index in [2.05, 4.69) is 16.0 Å². The predicted octanol–water partition coefficient (Wildman–Crippen LogP) is -2.37. The highest BCUT2D eigenvalue weighted by Gasteiger charge is 2.18. The Morgan fingerprint density at radius 1 is 1.33 bits per heavy atom. The second kappa shape index (κ2) is 2.59. The van der Waals surface area contributed by atoms with Crippen molar-refractivity contribution < 1.29 is 5.11 Å². The van der Waals surface area contributed by atoms with Crippen LogP contribution in [-0.2, 0) is 0 Å². The third kappa shape index (κ3) is 1.88. The van der Waals surface area contributed by atoms with Crippen LogP contribution in [-0.4, -0.2) is 23.9 Å². The van der Waals surface area contributed by atoms with Gasteiger partial charge in [-0.25, -0.2) is 0 Å². The van der Waals surface area contributed by atoms with Gasteiger partial charge in [-0.05, 0) is 6.92 Å². The Morgan fingerprint density at radius 3 is 2.44 bits per heavy atom. The second-order valence-electron chi connectivity index (χ2n) is 2.10. The average molecular weight is 132 g/mol. The van der Waals surface area contributed by atoms with E-state index in [9.17, 15) is 0 Å². The van der Waals surface area contributed by atoms with Crippen molar-refractivity contribution in [3.63, 3.8) is 0 Å². The molecule has 0 aromatic rings. The molecule has 1 rings (SSSR count). The average Bonchev–Trinajstić information content (AvgIpc) is 1.59. The van der Waals surface area contributed by atoms with Crippen molar-refractivity contribution in [3.8, 4) is 0 Å². The fraction of sp³-hybridized carbons (Fsp3) is 1.00. The Bertz CT molecular complexity index is 73.5. The molecule has 0 aromatic carbocycles. The largest absolute Gasteiger partial charge is 0.365 e. The van der Waals surface area contributed by atoms with E-state index in [4.69, 9.17) is 10.8 Å². The molecule has 0 aromatic heterocycles. The van der Waals surface area contributed by atoms with Crippen molar-refractivity contribution >= 4 is 0 Å². The number of nitrogens with one attached hydrogen (secondary N) is 3. The normalized spacial score (nSPS) is 45.0. The van der Waals surface area contributed by atoms with Gasteiger partial charge >= 0.3 is 0 Å². The van der Waals surface area contributed by atoms with E-state index in [1.54, 1.807) is 0 Å². The van der Waals surface area contributed by atoms with Crippen LogP contribution < -0.4 is 21.7 Å². The van der Waals surface area contributed by atoms with E-state index in [0.29, 0.717) is 0 Å². The van der Waals surface area contributed by atoms with Crippen LogP contribution in [0.1, 0.15) is 6.92 Å². The van der Waals surface area contributed by atoms with Crippen LogP contribution in [0, 0.1) is 0 Å². The molecule has 3 unspecified atom stereocenters. The molecule has 1 heterocycles. The highest BCUT2D eigenvalue weighted by molar-refractivity contribution is 4.70. The molecule has 0 saturated carbocycles. The zero-order valence-corrected chi connectivity index (χ0v) is 5.26. The van der Waals surface area contributed by atoms with Gasteiger partial charge in [0, 0.05) is 0 Å². The summed E-state index contributed by atoms with van der Waals surface area (Å²) in [5.41, 5.74) is 5.39. The Labute approximate surface area is 53.6 Å². The minimum atomic E-state index is -0.698. The summed E-state index contributed by atoms with van der Waals surface area (Å²) in [7, 11) is 0. The minimum Gasteiger partial charge on any atom is -0.365 e. The van der Waals surface area contributed by atoms with Gasteiger partial charge in [0.05, 0.1) is 6.17 Å². The van der Waals surface area contributed by atoms with E-state index >= 15 is 0 Å². The highest BCUT2D eigenvalue weighted by Crippen LogP contribution is 1.85. The maximum absolute atomic E-state index is 8.91. The smallest absolute Gasteiger partial charge is 0.163 e. The standard InChI is InChI=1S/C4H12N4O/c1-2-6-3(5)8-4(9)7-2/h2-4,6-9H,5H2,1H3. The van der Waals surface area contributed by atoms with Crippen LogP contribution in [0.2, 0.25) is 0 Å². The fourth-order valence-corrected chi connectivity index (χ4v) is 0.821. The monoisotopic (exact) mass is 132 g/mol. The molecule has 0 spiro atoms. The first-order chi connectivity index (χ1) is 4.18. The molecule has 0 amide bonds. The molecule has 3 atom stereocenters. The van der Waals surface area contributed by atoms with Crippen LogP contribution in [0.5, 0.6) is 0 Å². The summed E-state index contributed by atoms with van der Waals surface area (Å²) in [6, 6.07) is 0. The second-order valence-corrected chi connectivity index (χ2v) is 2.10. The lowest BCUT2D eigenvalue weighted by Gasteiger charge is -2.32. The van der Waals surface area contributed by atoms with Gasteiger partial charge in [0.2, 0.25) is 0 Å². The van der Waals surface area contributed by atoms with Crippen molar-refractivity contribution in [1.82, 2.24) is 16.0 Å². The van der Waals surface area contributed by atoms with Crippen molar-refractivity contribution in [2.24, 2.45) is 5.73 Å². The molecule has 9 heavy (non-hydrogen) atoms. The van der Waals surface area contributed by atoms with Gasteiger partial charge in [0.25, 0.3) is 0 Å². The van der Waals surface area contributed by atoms with E-state index in [1.165, 1.54) is 0 Å². The van der Waals surface area contributed by atoms with Crippen LogP contribution in [0.25, 0.3) is 0 Å². The van der Waals surface area contributed by atoms with Gasteiger partial charge < -0.3 is 10.8 Å². The SMILES string of the molecule is CC1NC(N)NC(O)N1. The van der Waals surface area contributed by atoms with Gasteiger partial charge in [0.1, 0.15) is 6.29 Å². The molecule has 6 N–H and O–H groups in total. The zero-order chi connectivity index (χ0) is 6.85. The summed E-state index contributed by atoms with van der Waals surface area (Å²) in [6.07, 6.45) is -0.969. The molecular formula is C4H12N4O. The number of nitrogens with two attached hydrogens (primary N) is 1. The maximum Gasteiger partial charge on any atom is 0.163 e. The molecule has 1 aliphatic heterocycles. The van der Waals surface area contributed by atoms with Crippen LogP contribution >= 0.6 is 0 Å². The quantitative estimate of drug-likeness (QED) is 0.254. The lowest BCUT2D eigenvalue weighted by atomic mass is 10.5. The Balaban J connectivity index is 2.34. The number of hydrogen-bond donors (Lipinski definition) is 5. The molecule has 0 bridgehead atoms. The van der Waals surface area contributed by atoms with Crippen LogP contribution in [0.3, 0.4) is 0 Å². The first-order valence-corrected chi connectivity index (χ1v) is 2.90. The van der Waals surface area contributed by atoms with Crippen molar-refractivity contribution in [2.45, 2.75) is 25.7 Å². The summed E-state index contributed by atoms with van der Waals surface area (Å²) in [4.78, 5) is 0. The highest BCUT2D eigenvalue weighted by atomic mass is 16.3. The molecule has 0 aliphatic carbocycles. The van der Waals surface area contributed by atoms with Crippen molar-refractivity contribution in [2.75, 3.05) is 0 Å². The lowest BCUT2D eigenvalue weighted by Crippen LogP contribution is -2.69.